The lowest BCUT2D eigenvalue weighted by atomic mass is 9.90. The monoisotopic (exact) mass is 575 g/mol. The molecular weight excluding hydrogens is 542 g/mol. The Bertz CT molecular complexity index is 1350. The zero-order valence-corrected chi connectivity index (χ0v) is 22.7. The van der Waals surface area contributed by atoms with Crippen LogP contribution >= 0.6 is 0 Å². The molecule has 13 nitrogen and oxygen atoms in total. The van der Waals surface area contributed by atoms with Crippen LogP contribution in [0.5, 0.6) is 5.75 Å². The summed E-state index contributed by atoms with van der Waals surface area (Å²) in [5, 5.41) is 30.1. The Balaban J connectivity index is 1.81. The van der Waals surface area contributed by atoms with Gasteiger partial charge < -0.3 is 32.5 Å². The number of primary amides is 1. The van der Waals surface area contributed by atoms with E-state index in [0.29, 0.717) is 16.7 Å². The van der Waals surface area contributed by atoms with E-state index in [9.17, 15) is 29.6 Å². The second-order valence-corrected chi connectivity index (χ2v) is 9.44. The van der Waals surface area contributed by atoms with Crippen LogP contribution in [-0.2, 0) is 20.8 Å². The van der Waals surface area contributed by atoms with Gasteiger partial charge in [-0.2, -0.15) is 0 Å². The van der Waals surface area contributed by atoms with Crippen LogP contribution in [0.2, 0.25) is 0 Å². The van der Waals surface area contributed by atoms with Gasteiger partial charge in [0, 0.05) is 13.0 Å². The Morgan fingerprint density at radius 3 is 1.90 bits per heavy atom. The van der Waals surface area contributed by atoms with Crippen LogP contribution < -0.4 is 27.4 Å². The van der Waals surface area contributed by atoms with E-state index in [-0.39, 0.29) is 31.6 Å². The van der Waals surface area contributed by atoms with Crippen molar-refractivity contribution in [3.63, 3.8) is 0 Å². The maximum absolute atomic E-state index is 13.7. The van der Waals surface area contributed by atoms with Gasteiger partial charge in [-0.3, -0.25) is 14.4 Å². The largest absolute Gasteiger partial charge is 0.508 e. The third kappa shape index (κ3) is 9.62. The van der Waals surface area contributed by atoms with E-state index in [1.54, 1.807) is 12.1 Å². The minimum Gasteiger partial charge on any atom is -0.508 e. The number of nitrogens with two attached hydrogens (primary N) is 2. The van der Waals surface area contributed by atoms with Crippen LogP contribution in [0.3, 0.4) is 0 Å². The van der Waals surface area contributed by atoms with Crippen molar-refractivity contribution < 1.29 is 24.5 Å². The molecule has 0 bridgehead atoms. The molecule has 3 aromatic carbocycles. The number of hydrogen-bond donors (Lipinski definition) is 6. The van der Waals surface area contributed by atoms with Crippen molar-refractivity contribution in [2.45, 2.75) is 37.3 Å². The first-order chi connectivity index (χ1) is 20.1. The average Bonchev–Trinajstić information content (AvgIpc) is 2.96. The highest BCUT2D eigenvalue weighted by molar-refractivity contribution is 5.94. The number of amides is 3. The van der Waals surface area contributed by atoms with Crippen molar-refractivity contribution in [3.8, 4) is 5.75 Å². The number of guanidine groups is 1. The number of rotatable bonds is 14. The predicted molar refractivity (Wildman–Crippen MR) is 155 cm³/mol. The molecule has 3 amide bonds. The van der Waals surface area contributed by atoms with Gasteiger partial charge in [-0.15, -0.1) is 0 Å². The van der Waals surface area contributed by atoms with Gasteiger partial charge in [-0.1, -0.05) is 72.8 Å². The molecule has 0 heterocycles. The Morgan fingerprint density at radius 2 is 1.38 bits per heavy atom. The lowest BCUT2D eigenvalue weighted by molar-refractivity contribution is -0.485. The highest BCUT2D eigenvalue weighted by atomic mass is 16.7. The van der Waals surface area contributed by atoms with Crippen LogP contribution in [-0.4, -0.2) is 52.4 Å². The fraction of sp³-hybridized carbons (Fsp3) is 0.241. The van der Waals surface area contributed by atoms with Crippen molar-refractivity contribution in [2.75, 3.05) is 6.54 Å². The number of benzene rings is 3. The van der Waals surface area contributed by atoms with Crippen LogP contribution in [0.4, 0.5) is 0 Å². The SMILES string of the molecule is NC(=O)[C@H](Cc1ccc(O)cc1)NC(=O)[C@@H](CCCN/C(N)=N\[N+](=O)[O-])NC(=O)C(c1ccccc1)c1ccccc1. The van der Waals surface area contributed by atoms with Gasteiger partial charge >= 0.3 is 0 Å². The Hall–Kier alpha value is -5.46. The molecule has 0 saturated heterocycles. The van der Waals surface area contributed by atoms with Crippen molar-refractivity contribution in [3.05, 3.63) is 112 Å². The van der Waals surface area contributed by atoms with E-state index in [2.05, 4.69) is 21.1 Å². The molecule has 8 N–H and O–H groups in total. The zero-order valence-electron chi connectivity index (χ0n) is 22.7. The molecule has 3 rings (SSSR count). The van der Waals surface area contributed by atoms with Gasteiger partial charge in [0.05, 0.1) is 5.92 Å². The summed E-state index contributed by atoms with van der Waals surface area (Å²) < 4.78 is 0. The molecular formula is C29H33N7O6. The van der Waals surface area contributed by atoms with Gasteiger partial charge in [-0.25, -0.2) is 10.1 Å². The fourth-order valence-corrected chi connectivity index (χ4v) is 4.32. The first-order valence-corrected chi connectivity index (χ1v) is 13.1. The molecule has 0 aliphatic rings. The van der Waals surface area contributed by atoms with E-state index in [1.165, 1.54) is 12.1 Å². The van der Waals surface area contributed by atoms with E-state index in [0.717, 1.165) is 0 Å². The molecule has 3 aromatic rings. The molecule has 0 fully saturated rings. The van der Waals surface area contributed by atoms with Crippen LogP contribution in [0.15, 0.2) is 90.0 Å². The van der Waals surface area contributed by atoms with E-state index in [4.69, 9.17) is 11.5 Å². The first kappa shape index (κ1) is 31.1. The molecule has 0 unspecified atom stereocenters. The molecule has 0 aliphatic carbocycles. The number of nitro groups is 1. The number of hydrogen-bond acceptors (Lipinski definition) is 6. The van der Waals surface area contributed by atoms with E-state index < -0.39 is 46.7 Å². The van der Waals surface area contributed by atoms with Gasteiger partial charge in [0.25, 0.3) is 5.96 Å². The number of carbonyl (C=O) groups is 3. The van der Waals surface area contributed by atoms with Gasteiger partial charge in [0.2, 0.25) is 17.7 Å². The quantitative estimate of drug-likeness (QED) is 0.0536. The third-order valence-corrected chi connectivity index (χ3v) is 6.36. The molecule has 2 atom stereocenters. The van der Waals surface area contributed by atoms with Gasteiger partial charge in [0.1, 0.15) is 22.9 Å². The van der Waals surface area contributed by atoms with Crippen molar-refractivity contribution in [1.82, 2.24) is 16.0 Å². The number of aromatic hydroxyl groups is 1. The molecule has 13 heteroatoms. The van der Waals surface area contributed by atoms with Crippen molar-refractivity contribution in [1.29, 1.82) is 0 Å². The minimum absolute atomic E-state index is 0.0464. The predicted octanol–water partition coefficient (Wildman–Crippen LogP) is 1.10. The maximum atomic E-state index is 13.7. The summed E-state index contributed by atoms with van der Waals surface area (Å²) in [5.41, 5.74) is 13.1. The second kappa shape index (κ2) is 15.4. The number of nitrogens with zero attached hydrogens (tertiary/aromatic N) is 2. The third-order valence-electron chi connectivity index (χ3n) is 6.36. The summed E-state index contributed by atoms with van der Waals surface area (Å²) in [6, 6.07) is 22.1. The molecule has 220 valence electrons. The average molecular weight is 576 g/mol. The summed E-state index contributed by atoms with van der Waals surface area (Å²) >= 11 is 0. The molecule has 0 radical (unpaired) electrons. The summed E-state index contributed by atoms with van der Waals surface area (Å²) in [6.07, 6.45) is 0.415. The second-order valence-electron chi connectivity index (χ2n) is 9.44. The summed E-state index contributed by atoms with van der Waals surface area (Å²) in [7, 11) is 0. The molecule has 0 spiro atoms. The number of phenolic OH excluding ortho intramolecular Hbond substituents is 1. The lowest BCUT2D eigenvalue weighted by Crippen LogP contribution is -2.54. The zero-order chi connectivity index (χ0) is 30.5. The Kier molecular flexibility index (Phi) is 11.4. The van der Waals surface area contributed by atoms with Crippen LogP contribution in [0.25, 0.3) is 0 Å². The Labute approximate surface area is 242 Å². The number of carbonyl (C=O) groups excluding carboxylic acids is 3. The topological polar surface area (TPSA) is 215 Å². The molecule has 0 saturated carbocycles. The normalized spacial score (nSPS) is 12.6. The first-order valence-electron chi connectivity index (χ1n) is 13.1. The smallest absolute Gasteiger partial charge is 0.266 e. The molecule has 0 aromatic heterocycles. The van der Waals surface area contributed by atoms with Crippen molar-refractivity contribution in [2.24, 2.45) is 16.6 Å². The minimum atomic E-state index is -1.10. The maximum Gasteiger partial charge on any atom is 0.266 e. The standard InChI is InChI=1S/C29H33N7O6/c30-26(38)24(18-19-13-15-22(37)16-14-19)34-27(39)23(12-7-17-32-29(31)35-36(41)42)33-28(40)25(20-8-3-1-4-9-20)21-10-5-2-6-11-21/h1-6,8-11,13-16,23-25,37H,7,12,17-18H2,(H2,30,38)(H,33,40)(H,34,39)(H3,31,32,35)/t23-,24+/m1/s1. The van der Waals surface area contributed by atoms with Gasteiger partial charge in [0.15, 0.2) is 5.03 Å². The fourth-order valence-electron chi connectivity index (χ4n) is 4.32. The molecule has 42 heavy (non-hydrogen) atoms. The van der Waals surface area contributed by atoms with Crippen LogP contribution in [0.1, 0.15) is 35.4 Å². The lowest BCUT2D eigenvalue weighted by Gasteiger charge is -2.25. The van der Waals surface area contributed by atoms with Crippen LogP contribution in [0, 0.1) is 10.1 Å². The highest BCUT2D eigenvalue weighted by Crippen LogP contribution is 2.25. The summed E-state index contributed by atoms with van der Waals surface area (Å²) in [4.78, 5) is 49.9. The van der Waals surface area contributed by atoms with Crippen molar-refractivity contribution >= 4 is 23.7 Å². The number of phenols is 1. The molecule has 0 aliphatic heterocycles. The summed E-state index contributed by atoms with van der Waals surface area (Å²) in [5.74, 6) is -2.95. The van der Waals surface area contributed by atoms with E-state index >= 15 is 0 Å². The number of hydrazone groups is 1. The number of nitrogens with one attached hydrogen (secondary N) is 3. The highest BCUT2D eigenvalue weighted by Gasteiger charge is 2.30. The Morgan fingerprint density at radius 1 is 0.833 bits per heavy atom. The summed E-state index contributed by atoms with van der Waals surface area (Å²) in [6.45, 7) is 0.121. The van der Waals surface area contributed by atoms with E-state index in [1.807, 2.05) is 60.7 Å². The van der Waals surface area contributed by atoms with Gasteiger partial charge in [-0.05, 0) is 41.7 Å².